The fourth-order valence-corrected chi connectivity index (χ4v) is 4.80. The molecule has 3 aromatic rings. The van der Waals surface area contributed by atoms with Crippen molar-refractivity contribution in [1.29, 1.82) is 0 Å². The number of carbonyl (C=O) groups excluding carboxylic acids is 1. The Kier molecular flexibility index (Phi) is 5.68. The second-order valence-electron chi connectivity index (χ2n) is 9.59. The first-order valence-electron chi connectivity index (χ1n) is 11.6. The number of anilines is 1. The minimum absolute atomic E-state index is 0.112. The summed E-state index contributed by atoms with van der Waals surface area (Å²) in [6.07, 6.45) is 1.60. The maximum absolute atomic E-state index is 13.4. The molecule has 0 bridgehead atoms. The summed E-state index contributed by atoms with van der Waals surface area (Å²) in [7, 11) is 4.17. The smallest absolute Gasteiger partial charge is 0.387 e. The lowest BCUT2D eigenvalue weighted by molar-refractivity contribution is -0.0488. The molecule has 0 atom stereocenters. The van der Waals surface area contributed by atoms with Gasteiger partial charge in [0.15, 0.2) is 0 Å². The van der Waals surface area contributed by atoms with E-state index in [0.717, 1.165) is 48.1 Å². The molecule has 1 N–H and O–H groups in total. The first kappa shape index (κ1) is 22.6. The average Bonchev–Trinajstić information content (AvgIpc) is 3.53. The third-order valence-electron chi connectivity index (χ3n) is 7.14. The maximum atomic E-state index is 13.4. The Morgan fingerprint density at radius 2 is 1.79 bits per heavy atom. The van der Waals surface area contributed by atoms with Crippen molar-refractivity contribution in [3.05, 3.63) is 71.3 Å². The van der Waals surface area contributed by atoms with Crippen molar-refractivity contribution in [3.8, 4) is 5.75 Å². The number of nitrogens with one attached hydrogen (secondary N) is 1. The Bertz CT molecular complexity index is 1230. The van der Waals surface area contributed by atoms with Crippen LogP contribution in [0.15, 0.2) is 54.6 Å². The lowest BCUT2D eigenvalue weighted by Crippen LogP contribution is -2.57. The van der Waals surface area contributed by atoms with E-state index in [2.05, 4.69) is 35.3 Å². The third kappa shape index (κ3) is 4.09. The van der Waals surface area contributed by atoms with Crippen LogP contribution in [0.1, 0.15) is 34.3 Å². The van der Waals surface area contributed by atoms with Gasteiger partial charge in [0.1, 0.15) is 5.75 Å². The van der Waals surface area contributed by atoms with E-state index in [0.29, 0.717) is 17.0 Å². The van der Waals surface area contributed by atoms with Gasteiger partial charge in [-0.25, -0.2) is 0 Å². The van der Waals surface area contributed by atoms with E-state index >= 15 is 0 Å². The van der Waals surface area contributed by atoms with Crippen molar-refractivity contribution < 1.29 is 18.3 Å². The molecule has 2 fully saturated rings. The Morgan fingerprint density at radius 1 is 1.09 bits per heavy atom. The predicted octanol–water partition coefficient (Wildman–Crippen LogP) is 4.92. The number of aryl methyl sites for hydroxylation is 1. The van der Waals surface area contributed by atoms with E-state index in [9.17, 15) is 13.6 Å². The fraction of sp³-hybridized carbons (Fsp3) is 0.370. The molecule has 1 aliphatic carbocycles. The minimum atomic E-state index is -2.89. The quantitative estimate of drug-likeness (QED) is 0.538. The summed E-state index contributed by atoms with van der Waals surface area (Å²) in [6, 6.07) is 17.3. The van der Waals surface area contributed by atoms with Crippen molar-refractivity contribution in [2.75, 3.05) is 32.1 Å². The summed E-state index contributed by atoms with van der Waals surface area (Å²) in [5.74, 6) is 0.0316. The molecule has 5 nitrogen and oxygen atoms in total. The summed E-state index contributed by atoms with van der Waals surface area (Å²) in [4.78, 5) is 17.9. The van der Waals surface area contributed by atoms with E-state index in [1.807, 2.05) is 31.2 Å². The van der Waals surface area contributed by atoms with E-state index < -0.39 is 12.2 Å². The lowest BCUT2D eigenvalue weighted by atomic mass is 9.95. The summed E-state index contributed by atoms with van der Waals surface area (Å²) >= 11 is 0. The Labute approximate surface area is 198 Å². The highest BCUT2D eigenvalue weighted by molar-refractivity contribution is 5.98. The highest BCUT2D eigenvalue weighted by atomic mass is 19.3. The van der Waals surface area contributed by atoms with Crippen molar-refractivity contribution in [1.82, 2.24) is 10.2 Å². The van der Waals surface area contributed by atoms with Crippen molar-refractivity contribution in [2.45, 2.75) is 38.0 Å². The number of benzene rings is 3. The van der Waals surface area contributed by atoms with Crippen molar-refractivity contribution in [2.24, 2.45) is 0 Å². The Balaban J connectivity index is 1.41. The zero-order valence-corrected chi connectivity index (χ0v) is 19.6. The predicted molar refractivity (Wildman–Crippen MR) is 130 cm³/mol. The van der Waals surface area contributed by atoms with Crippen LogP contribution >= 0.6 is 0 Å². The number of rotatable bonds is 7. The van der Waals surface area contributed by atoms with Crippen LogP contribution in [-0.2, 0) is 5.54 Å². The highest BCUT2D eigenvalue weighted by Gasteiger charge is 2.47. The van der Waals surface area contributed by atoms with Crippen LogP contribution in [0.4, 0.5) is 14.5 Å². The molecular weight excluding hydrogens is 436 g/mol. The molecule has 5 rings (SSSR count). The first-order valence-corrected chi connectivity index (χ1v) is 11.6. The standard InChI is InChI=1S/C27H29F2N3O2/c1-17-8-9-18(32-15-19(16-32)31(2)3)14-22(17)25(33)30-27(12-13-27)23-10-11-24(34-26(28)29)21-7-5-4-6-20(21)23/h4-11,14,19,26H,12-13,15-16H2,1-3H3,(H,30,33). The zero-order chi connectivity index (χ0) is 24.0. The molecule has 1 aliphatic heterocycles. The molecule has 0 radical (unpaired) electrons. The molecule has 2 aliphatic rings. The van der Waals surface area contributed by atoms with Crippen molar-refractivity contribution in [3.63, 3.8) is 0 Å². The van der Waals surface area contributed by atoms with Gasteiger partial charge in [-0.05, 0) is 68.6 Å². The van der Waals surface area contributed by atoms with Gasteiger partial charge in [-0.1, -0.05) is 36.4 Å². The van der Waals surface area contributed by atoms with Crippen molar-refractivity contribution >= 4 is 22.4 Å². The van der Waals surface area contributed by atoms with E-state index in [1.54, 1.807) is 24.3 Å². The van der Waals surface area contributed by atoms with Crippen LogP contribution in [0.2, 0.25) is 0 Å². The fourth-order valence-electron chi connectivity index (χ4n) is 4.80. The van der Waals surface area contributed by atoms with Gasteiger partial charge in [-0.2, -0.15) is 8.78 Å². The van der Waals surface area contributed by atoms with Gasteiger partial charge in [-0.15, -0.1) is 0 Å². The first-order chi connectivity index (χ1) is 16.3. The maximum Gasteiger partial charge on any atom is 0.387 e. The monoisotopic (exact) mass is 465 g/mol. The van der Waals surface area contributed by atoms with Gasteiger partial charge in [0, 0.05) is 35.8 Å². The minimum Gasteiger partial charge on any atom is -0.434 e. The van der Waals surface area contributed by atoms with Gasteiger partial charge in [0.25, 0.3) is 5.91 Å². The van der Waals surface area contributed by atoms with Crippen LogP contribution in [0.5, 0.6) is 5.75 Å². The Hall–Kier alpha value is -3.19. The SMILES string of the molecule is Cc1ccc(N2CC(N(C)C)C2)cc1C(=O)NC1(c2ccc(OC(F)F)c3ccccc23)CC1. The highest BCUT2D eigenvalue weighted by Crippen LogP contribution is 2.49. The largest absolute Gasteiger partial charge is 0.434 e. The lowest BCUT2D eigenvalue weighted by Gasteiger charge is -2.44. The molecule has 1 saturated carbocycles. The summed E-state index contributed by atoms with van der Waals surface area (Å²) in [6.45, 7) is 0.946. The van der Waals surface area contributed by atoms with Crippen LogP contribution in [0, 0.1) is 6.92 Å². The number of fused-ring (bicyclic) bond motifs is 1. The van der Waals surface area contributed by atoms with Gasteiger partial charge in [0.2, 0.25) is 0 Å². The summed E-state index contributed by atoms with van der Waals surface area (Å²) in [5, 5.41) is 4.70. The van der Waals surface area contributed by atoms with Crippen LogP contribution < -0.4 is 15.0 Å². The molecule has 34 heavy (non-hydrogen) atoms. The molecule has 0 unspecified atom stereocenters. The number of nitrogens with zero attached hydrogens (tertiary/aromatic N) is 2. The van der Waals surface area contributed by atoms with Crippen LogP contribution in [-0.4, -0.2) is 50.6 Å². The molecule has 1 heterocycles. The van der Waals surface area contributed by atoms with Gasteiger partial charge < -0.3 is 19.9 Å². The van der Waals surface area contributed by atoms with Crippen LogP contribution in [0.25, 0.3) is 10.8 Å². The number of hydrogen-bond donors (Lipinski definition) is 1. The summed E-state index contributed by atoms with van der Waals surface area (Å²) in [5.41, 5.74) is 3.07. The van der Waals surface area contributed by atoms with Gasteiger partial charge in [0.05, 0.1) is 5.54 Å². The molecule has 0 spiro atoms. The average molecular weight is 466 g/mol. The van der Waals surface area contributed by atoms with Gasteiger partial charge in [-0.3, -0.25) is 4.79 Å². The third-order valence-corrected chi connectivity index (χ3v) is 7.14. The normalized spacial score (nSPS) is 17.2. The second-order valence-corrected chi connectivity index (χ2v) is 9.59. The topological polar surface area (TPSA) is 44.8 Å². The number of hydrogen-bond acceptors (Lipinski definition) is 4. The molecule has 0 aromatic heterocycles. The number of ether oxygens (including phenoxy) is 1. The molecule has 178 valence electrons. The molecule has 7 heteroatoms. The molecular formula is C27H29F2N3O2. The van der Waals surface area contributed by atoms with E-state index in [-0.39, 0.29) is 11.7 Å². The number of amides is 1. The number of halogens is 2. The molecule has 3 aromatic carbocycles. The number of likely N-dealkylation sites (N-methyl/N-ethyl adjacent to an activating group) is 1. The zero-order valence-electron chi connectivity index (χ0n) is 19.6. The van der Waals surface area contributed by atoms with E-state index in [1.165, 1.54) is 0 Å². The van der Waals surface area contributed by atoms with Gasteiger partial charge >= 0.3 is 6.61 Å². The van der Waals surface area contributed by atoms with E-state index in [4.69, 9.17) is 4.74 Å². The van der Waals surface area contributed by atoms with Crippen LogP contribution in [0.3, 0.4) is 0 Å². The second kappa shape index (κ2) is 8.55. The molecule has 1 amide bonds. The number of alkyl halides is 2. The number of carbonyl (C=O) groups is 1. The summed E-state index contributed by atoms with van der Waals surface area (Å²) < 4.78 is 30.5. The molecule has 1 saturated heterocycles. The Morgan fingerprint density at radius 3 is 2.44 bits per heavy atom.